The largest absolute Gasteiger partial charge is 0.466 e. The van der Waals surface area contributed by atoms with Gasteiger partial charge in [0.1, 0.15) is 0 Å². The molecule has 0 heterocycles. The molecule has 0 atom stereocenters. The van der Waals surface area contributed by atoms with Crippen molar-refractivity contribution < 1.29 is 191 Å². The van der Waals surface area contributed by atoms with Gasteiger partial charge >= 0.3 is 119 Å². The van der Waals surface area contributed by atoms with Gasteiger partial charge in [0.15, 0.2) is 0 Å². The van der Waals surface area contributed by atoms with Crippen molar-refractivity contribution in [3.05, 3.63) is 0 Å². The second-order valence-electron chi connectivity index (χ2n) is 27.0. The van der Waals surface area contributed by atoms with Crippen LogP contribution in [0.25, 0.3) is 0 Å². The van der Waals surface area contributed by atoms with Gasteiger partial charge in [-0.2, -0.15) is 0 Å². The lowest BCUT2D eigenvalue weighted by Gasteiger charge is -1.89. The highest BCUT2D eigenvalue weighted by Gasteiger charge is 1.93. The van der Waals surface area contributed by atoms with Crippen molar-refractivity contribution in [2.75, 3.05) is 132 Å². The maximum absolute atomic E-state index is 9.82. The maximum atomic E-state index is 9.82. The summed E-state index contributed by atoms with van der Waals surface area (Å²) in [5, 5.41) is 0. The number of unbranched alkanes of at least 4 members (excludes halogenated alkanes) is 15. The number of rotatable bonds is 35. The molecule has 40 nitrogen and oxygen atoms in total. The zero-order chi connectivity index (χ0) is 124. The van der Waals surface area contributed by atoms with Crippen molar-refractivity contribution in [1.29, 1.82) is 0 Å². The number of esters is 20. The van der Waals surface area contributed by atoms with Gasteiger partial charge in [-0.05, 0) is 138 Å². The summed E-state index contributed by atoms with van der Waals surface area (Å²) in [5.74, 6) is -4.21. The van der Waals surface area contributed by atoms with Crippen LogP contribution in [-0.2, 0) is 191 Å². The van der Waals surface area contributed by atoms with E-state index in [0.717, 1.165) is 0 Å². The van der Waals surface area contributed by atoms with Crippen LogP contribution in [0.3, 0.4) is 0 Å². The minimum Gasteiger partial charge on any atom is -0.466 e. The van der Waals surface area contributed by atoms with Crippen LogP contribution in [0.4, 0.5) is 0 Å². The molecule has 0 radical (unpaired) electrons. The van der Waals surface area contributed by atoms with Gasteiger partial charge in [-0.3, -0.25) is 95.9 Å². The normalized spacial score (nSPS) is 7.93. The monoisotopic (exact) mass is 2190 g/mol. The molecular formula is C110H230O40. The Hall–Kier alpha value is -10.6. The summed E-state index contributed by atoms with van der Waals surface area (Å²) < 4.78 is 88.1. The van der Waals surface area contributed by atoms with Crippen LogP contribution in [0.15, 0.2) is 0 Å². The minimum absolute atomic E-state index is 0.211. The summed E-state index contributed by atoms with van der Waals surface area (Å²) >= 11 is 0. The fraction of sp³-hybridized carbons (Fsp3) is 0.818. The Morgan fingerprint density at radius 3 is 0.127 bits per heavy atom. The Balaban J connectivity index is -0.0000000472. The topological polar surface area (TPSA) is 526 Å². The summed E-state index contributed by atoms with van der Waals surface area (Å²) in [7, 11) is 0. The standard InChI is InChI=1S/5C6H14.20C4H8O2/c5*1-3-5-6-4-2;20*1-3-6-4(2)5/h5*3-6H2,1-2H3;20*3H2,1-2H3. The molecule has 0 unspecified atom stereocenters. The molecule has 40 heteroatoms. The highest BCUT2D eigenvalue weighted by atomic mass is 16.6. The third-order valence-corrected chi connectivity index (χ3v) is 11.7. The molecule has 150 heavy (non-hydrogen) atoms. The lowest BCUT2D eigenvalue weighted by atomic mass is 10.2. The summed E-state index contributed by atoms with van der Waals surface area (Å²) in [6.07, 6.45) is 27.7. The molecule has 0 N–H and O–H groups in total. The number of hydrogen-bond donors (Lipinski definition) is 0. The molecule has 0 aromatic heterocycles. The van der Waals surface area contributed by atoms with Gasteiger partial charge in [0.2, 0.25) is 0 Å². The number of ether oxygens (including phenoxy) is 20. The van der Waals surface area contributed by atoms with Gasteiger partial charge in [-0.15, -0.1) is 0 Å². The molecule has 0 aromatic carbocycles. The Morgan fingerprint density at radius 1 is 0.0867 bits per heavy atom. The molecule has 0 fully saturated rings. The summed E-state index contributed by atoms with van der Waals surface area (Å²) in [6.45, 7) is 95.4. The second kappa shape index (κ2) is 218. The van der Waals surface area contributed by atoms with E-state index in [-0.39, 0.29) is 119 Å². The molecule has 0 saturated carbocycles. The average Bonchev–Trinajstić information content (AvgIpc) is 1.25. The minimum atomic E-state index is -0.211. The van der Waals surface area contributed by atoms with E-state index in [4.69, 9.17) is 0 Å². The van der Waals surface area contributed by atoms with E-state index < -0.39 is 0 Å². The molecule has 0 bridgehead atoms. The van der Waals surface area contributed by atoms with E-state index >= 15 is 0 Å². The van der Waals surface area contributed by atoms with Crippen LogP contribution in [-0.4, -0.2) is 252 Å². The maximum Gasteiger partial charge on any atom is 0.302 e. The number of carbonyl (C=O) groups is 20. The molecule has 0 aromatic rings. The molecule has 0 rings (SSSR count). The molecule has 0 saturated heterocycles. The first kappa shape index (κ1) is 204. The van der Waals surface area contributed by atoms with Gasteiger partial charge in [0.25, 0.3) is 0 Å². The molecule has 0 amide bonds. The van der Waals surface area contributed by atoms with Crippen LogP contribution >= 0.6 is 0 Å². The van der Waals surface area contributed by atoms with E-state index in [2.05, 4.69) is 164 Å². The van der Waals surface area contributed by atoms with Crippen molar-refractivity contribution in [3.8, 4) is 0 Å². The Morgan fingerprint density at radius 2 is 0.120 bits per heavy atom. The van der Waals surface area contributed by atoms with Crippen molar-refractivity contribution in [2.24, 2.45) is 0 Å². The Kier molecular flexibility index (Phi) is 297. The smallest absolute Gasteiger partial charge is 0.302 e. The molecule has 0 aliphatic carbocycles. The first-order chi connectivity index (χ1) is 70.0. The first-order valence-electron chi connectivity index (χ1n) is 52.7. The molecule has 0 aliphatic rings. The highest BCUT2D eigenvalue weighted by molar-refractivity contribution is 5.71. The Labute approximate surface area is 912 Å². The number of hydrogen-bond acceptors (Lipinski definition) is 40. The highest BCUT2D eigenvalue weighted by Crippen LogP contribution is 1.99. The van der Waals surface area contributed by atoms with Gasteiger partial charge in [-0.25, -0.2) is 0 Å². The Bertz CT molecular complexity index is 1980. The molecular weight excluding hydrogens is 1960 g/mol. The molecule has 0 spiro atoms. The van der Waals surface area contributed by atoms with Crippen molar-refractivity contribution >= 4 is 119 Å². The first-order valence-corrected chi connectivity index (χ1v) is 52.7. The fourth-order valence-corrected chi connectivity index (χ4v) is 6.57. The van der Waals surface area contributed by atoms with Gasteiger partial charge < -0.3 is 94.7 Å². The van der Waals surface area contributed by atoms with Crippen LogP contribution < -0.4 is 0 Å². The van der Waals surface area contributed by atoms with E-state index in [1.165, 1.54) is 267 Å². The summed E-state index contributed by atoms with van der Waals surface area (Å²) in [6, 6.07) is 0. The van der Waals surface area contributed by atoms with Crippen LogP contribution in [0.1, 0.15) is 475 Å². The van der Waals surface area contributed by atoms with Crippen molar-refractivity contribution in [3.63, 3.8) is 0 Å². The van der Waals surface area contributed by atoms with E-state index in [9.17, 15) is 95.9 Å². The van der Waals surface area contributed by atoms with Crippen LogP contribution in [0.2, 0.25) is 0 Å². The fourth-order valence-electron chi connectivity index (χ4n) is 6.57. The third-order valence-electron chi connectivity index (χ3n) is 11.7. The van der Waals surface area contributed by atoms with Crippen molar-refractivity contribution in [2.45, 2.75) is 475 Å². The van der Waals surface area contributed by atoms with Crippen LogP contribution in [0.5, 0.6) is 0 Å². The van der Waals surface area contributed by atoms with E-state index in [0.29, 0.717) is 132 Å². The second-order valence-corrected chi connectivity index (χ2v) is 27.0. The summed E-state index contributed by atoms with van der Waals surface area (Å²) in [5.41, 5.74) is 0. The van der Waals surface area contributed by atoms with Gasteiger partial charge in [0, 0.05) is 138 Å². The van der Waals surface area contributed by atoms with Crippen molar-refractivity contribution in [1.82, 2.24) is 0 Å². The van der Waals surface area contributed by atoms with E-state index in [1.54, 1.807) is 138 Å². The zero-order valence-electron chi connectivity index (χ0n) is 105. The van der Waals surface area contributed by atoms with Crippen LogP contribution in [0, 0.1) is 0 Å². The predicted octanol–water partition coefficient (Wildman–Crippen LogP) is 24.3. The predicted molar refractivity (Wildman–Crippen MR) is 595 cm³/mol. The average molecular weight is 2190 g/mol. The number of carbonyl (C=O) groups excluding carboxylic acids is 20. The lowest BCUT2D eigenvalue weighted by Crippen LogP contribution is -1.95. The quantitative estimate of drug-likeness (QED) is 0.0323. The third kappa shape index (κ3) is 616. The van der Waals surface area contributed by atoms with E-state index in [1.807, 2.05) is 0 Å². The summed E-state index contributed by atoms with van der Waals surface area (Å²) in [4.78, 5) is 196. The molecule has 910 valence electrons. The SMILES string of the molecule is CCCCCC.CCCCCC.CCCCCC.CCCCCC.CCCCCC.CCOC(C)=O.CCOC(C)=O.CCOC(C)=O.CCOC(C)=O.CCOC(C)=O.CCOC(C)=O.CCOC(C)=O.CCOC(C)=O.CCOC(C)=O.CCOC(C)=O.CCOC(C)=O.CCOC(C)=O.CCOC(C)=O.CCOC(C)=O.CCOC(C)=O.CCOC(C)=O.CCOC(C)=O.CCOC(C)=O.CCOC(C)=O.CCOC(C)=O. The molecule has 0 aliphatic heterocycles. The zero-order valence-corrected chi connectivity index (χ0v) is 105. The van der Waals surface area contributed by atoms with Gasteiger partial charge in [0.05, 0.1) is 132 Å². The lowest BCUT2D eigenvalue weighted by molar-refractivity contribution is -0.141. The van der Waals surface area contributed by atoms with Gasteiger partial charge in [-0.1, -0.05) is 198 Å².